The number of nitrogens with zero attached hydrogens (tertiary/aromatic N) is 3. The molecule has 1 aromatic carbocycles. The lowest BCUT2D eigenvalue weighted by atomic mass is 10.1. The lowest BCUT2D eigenvalue weighted by Gasteiger charge is -2.27. The third kappa shape index (κ3) is 7.64. The Bertz CT molecular complexity index is 982. The van der Waals surface area contributed by atoms with Gasteiger partial charge in [-0.1, -0.05) is 30.3 Å². The van der Waals surface area contributed by atoms with E-state index < -0.39 is 0 Å². The molecule has 0 saturated carbocycles. The molecule has 3 rings (SSSR count). The smallest absolute Gasteiger partial charge is 0.242 e. The zero-order valence-corrected chi connectivity index (χ0v) is 19.5. The van der Waals surface area contributed by atoms with Crippen LogP contribution in [0.5, 0.6) is 0 Å². The molecule has 0 bridgehead atoms. The van der Waals surface area contributed by atoms with Gasteiger partial charge in [-0.05, 0) is 42.7 Å². The highest BCUT2D eigenvalue weighted by molar-refractivity contribution is 5.85. The van der Waals surface area contributed by atoms with Gasteiger partial charge in [-0.15, -0.1) is 0 Å². The van der Waals surface area contributed by atoms with E-state index in [4.69, 9.17) is 9.15 Å². The minimum Gasteiger partial charge on any atom is -0.467 e. The Morgan fingerprint density at radius 3 is 2.45 bits per heavy atom. The molecule has 2 aromatic heterocycles. The van der Waals surface area contributed by atoms with Gasteiger partial charge in [0.05, 0.1) is 25.9 Å². The average Bonchev–Trinajstić information content (AvgIpc) is 3.49. The summed E-state index contributed by atoms with van der Waals surface area (Å²) in [5.74, 6) is 0.567. The first-order chi connectivity index (χ1) is 16.1. The maximum Gasteiger partial charge on any atom is 0.242 e. The van der Waals surface area contributed by atoms with Gasteiger partial charge in [0, 0.05) is 45.6 Å². The van der Waals surface area contributed by atoms with Crippen LogP contribution in [-0.2, 0) is 40.9 Å². The number of methoxy groups -OCH3 is 1. The molecule has 0 unspecified atom stereocenters. The van der Waals surface area contributed by atoms with Crippen molar-refractivity contribution in [1.29, 1.82) is 0 Å². The van der Waals surface area contributed by atoms with Gasteiger partial charge in [-0.2, -0.15) is 0 Å². The molecule has 0 N–H and O–H groups in total. The van der Waals surface area contributed by atoms with E-state index in [9.17, 15) is 9.59 Å². The third-order valence-electron chi connectivity index (χ3n) is 5.61. The lowest BCUT2D eigenvalue weighted by Crippen LogP contribution is -2.43. The minimum atomic E-state index is -0.113. The number of ether oxygens (including phenoxy) is 1. The standard InChI is InChI=1S/C26H33N3O4/c1-27-15-6-11-23(27)19-29(20-24-12-7-18-33-24)26(31)21-28(16-8-17-32-2)25(30)14-13-22-9-4-3-5-10-22/h3-7,9-12,15,18H,8,13-14,16-17,19-21H2,1-2H3. The highest BCUT2D eigenvalue weighted by Gasteiger charge is 2.23. The molecule has 0 aliphatic carbocycles. The number of benzene rings is 1. The monoisotopic (exact) mass is 451 g/mol. The van der Waals surface area contributed by atoms with E-state index in [1.165, 1.54) is 0 Å². The molecule has 3 aromatic rings. The SMILES string of the molecule is COCCCN(CC(=O)N(Cc1ccco1)Cc1cccn1C)C(=O)CCc1ccccc1. The number of hydrogen-bond donors (Lipinski definition) is 0. The normalized spacial score (nSPS) is 10.8. The van der Waals surface area contributed by atoms with Gasteiger partial charge in [-0.25, -0.2) is 0 Å². The van der Waals surface area contributed by atoms with E-state index in [-0.39, 0.29) is 18.4 Å². The van der Waals surface area contributed by atoms with E-state index in [1.54, 1.807) is 23.2 Å². The fourth-order valence-electron chi connectivity index (χ4n) is 3.69. The molecule has 0 aliphatic rings. The van der Waals surface area contributed by atoms with E-state index in [0.717, 1.165) is 11.3 Å². The summed E-state index contributed by atoms with van der Waals surface area (Å²) in [7, 11) is 3.59. The van der Waals surface area contributed by atoms with Crippen LogP contribution in [0.1, 0.15) is 29.9 Å². The topological polar surface area (TPSA) is 67.9 Å². The van der Waals surface area contributed by atoms with Crippen molar-refractivity contribution >= 4 is 11.8 Å². The number of amides is 2. The molecule has 0 atom stereocenters. The van der Waals surface area contributed by atoms with Crippen molar-refractivity contribution in [2.45, 2.75) is 32.4 Å². The number of hydrogen-bond acceptors (Lipinski definition) is 4. The second kappa shape index (κ2) is 12.6. The average molecular weight is 452 g/mol. The fourth-order valence-corrected chi connectivity index (χ4v) is 3.69. The Kier molecular flexibility index (Phi) is 9.32. The molecule has 7 heteroatoms. The number of carbonyl (C=O) groups excluding carboxylic acids is 2. The summed E-state index contributed by atoms with van der Waals surface area (Å²) in [6.07, 6.45) is 5.24. The van der Waals surface area contributed by atoms with Crippen LogP contribution in [0.4, 0.5) is 0 Å². The quantitative estimate of drug-likeness (QED) is 0.372. The Balaban J connectivity index is 1.69. The van der Waals surface area contributed by atoms with Gasteiger partial charge in [0.2, 0.25) is 11.8 Å². The van der Waals surface area contributed by atoms with Gasteiger partial charge in [0.1, 0.15) is 5.76 Å². The molecule has 33 heavy (non-hydrogen) atoms. The van der Waals surface area contributed by atoms with E-state index >= 15 is 0 Å². The number of rotatable bonds is 13. The first-order valence-electron chi connectivity index (χ1n) is 11.3. The zero-order valence-electron chi connectivity index (χ0n) is 19.5. The van der Waals surface area contributed by atoms with Gasteiger partial charge >= 0.3 is 0 Å². The minimum absolute atomic E-state index is 0.0277. The number of aryl methyl sites for hydroxylation is 2. The van der Waals surface area contributed by atoms with Crippen molar-refractivity contribution in [3.05, 3.63) is 84.1 Å². The summed E-state index contributed by atoms with van der Waals surface area (Å²) in [5, 5.41) is 0. The molecule has 0 fully saturated rings. The van der Waals surface area contributed by atoms with Crippen LogP contribution in [0.15, 0.2) is 71.5 Å². The molecule has 0 radical (unpaired) electrons. The highest BCUT2D eigenvalue weighted by Crippen LogP contribution is 2.13. The van der Waals surface area contributed by atoms with Crippen molar-refractivity contribution in [1.82, 2.24) is 14.4 Å². The third-order valence-corrected chi connectivity index (χ3v) is 5.61. The summed E-state index contributed by atoms with van der Waals surface area (Å²) in [6, 6.07) is 17.5. The van der Waals surface area contributed by atoms with E-state index in [0.29, 0.717) is 51.3 Å². The van der Waals surface area contributed by atoms with Crippen molar-refractivity contribution in [2.24, 2.45) is 7.05 Å². The zero-order chi connectivity index (χ0) is 23.5. The molecule has 7 nitrogen and oxygen atoms in total. The van der Waals surface area contributed by atoms with Gasteiger partial charge < -0.3 is 23.5 Å². The second-order valence-corrected chi connectivity index (χ2v) is 8.09. The first-order valence-corrected chi connectivity index (χ1v) is 11.3. The van der Waals surface area contributed by atoms with Crippen LogP contribution in [-0.4, -0.2) is 53.0 Å². The Morgan fingerprint density at radius 2 is 1.79 bits per heavy atom. The molecule has 2 amide bonds. The van der Waals surface area contributed by atoms with Crippen LogP contribution in [0.3, 0.4) is 0 Å². The predicted molar refractivity (Wildman–Crippen MR) is 126 cm³/mol. The van der Waals surface area contributed by atoms with Crippen LogP contribution in [0, 0.1) is 0 Å². The molecule has 0 aliphatic heterocycles. The van der Waals surface area contributed by atoms with Gasteiger partial charge in [-0.3, -0.25) is 9.59 Å². The van der Waals surface area contributed by atoms with Gasteiger partial charge in [0.25, 0.3) is 0 Å². The number of furan rings is 1. The first kappa shape index (κ1) is 24.3. The van der Waals surface area contributed by atoms with Crippen molar-refractivity contribution in [2.75, 3.05) is 26.8 Å². The molecule has 176 valence electrons. The van der Waals surface area contributed by atoms with Crippen molar-refractivity contribution in [3.63, 3.8) is 0 Å². The predicted octanol–water partition coefficient (Wildman–Crippen LogP) is 3.64. The number of aromatic nitrogens is 1. The summed E-state index contributed by atoms with van der Waals surface area (Å²) >= 11 is 0. The van der Waals surface area contributed by atoms with E-state index in [1.807, 2.05) is 72.4 Å². The Labute approximate surface area is 195 Å². The van der Waals surface area contributed by atoms with Crippen LogP contribution < -0.4 is 0 Å². The van der Waals surface area contributed by atoms with Gasteiger partial charge in [0.15, 0.2) is 0 Å². The maximum atomic E-state index is 13.4. The molecule has 0 saturated heterocycles. The Morgan fingerprint density at radius 1 is 0.970 bits per heavy atom. The summed E-state index contributed by atoms with van der Waals surface area (Å²) in [4.78, 5) is 29.8. The van der Waals surface area contributed by atoms with Crippen molar-refractivity contribution < 1.29 is 18.7 Å². The maximum absolute atomic E-state index is 13.4. The Hall–Kier alpha value is -3.32. The summed E-state index contributed by atoms with van der Waals surface area (Å²) in [5.41, 5.74) is 2.12. The summed E-state index contributed by atoms with van der Waals surface area (Å²) in [6.45, 7) is 1.83. The lowest BCUT2D eigenvalue weighted by molar-refractivity contribution is -0.141. The van der Waals surface area contributed by atoms with Crippen LogP contribution in [0.25, 0.3) is 0 Å². The molecular formula is C26H33N3O4. The number of carbonyl (C=O) groups is 2. The fraction of sp³-hybridized carbons (Fsp3) is 0.385. The largest absolute Gasteiger partial charge is 0.467 e. The molecular weight excluding hydrogens is 418 g/mol. The van der Waals surface area contributed by atoms with E-state index in [2.05, 4.69) is 0 Å². The van der Waals surface area contributed by atoms with Crippen LogP contribution >= 0.6 is 0 Å². The van der Waals surface area contributed by atoms with Crippen molar-refractivity contribution in [3.8, 4) is 0 Å². The molecule has 0 spiro atoms. The van der Waals surface area contributed by atoms with Crippen LogP contribution in [0.2, 0.25) is 0 Å². The highest BCUT2D eigenvalue weighted by atomic mass is 16.5. The summed E-state index contributed by atoms with van der Waals surface area (Å²) < 4.78 is 12.6. The second-order valence-electron chi connectivity index (χ2n) is 8.09. The molecule has 2 heterocycles.